The Morgan fingerprint density at radius 1 is 1.09 bits per heavy atom. The average molecular weight is 346 g/mol. The molecule has 2 aliphatic rings. The molecule has 2 rings (SSSR count). The third-order valence-electron chi connectivity index (χ3n) is 4.79. The van der Waals surface area contributed by atoms with Crippen molar-refractivity contribution in [3.05, 3.63) is 0 Å². The molecular formula is C16H31N3O3S. The van der Waals surface area contributed by atoms with Gasteiger partial charge in [0.1, 0.15) is 0 Å². The van der Waals surface area contributed by atoms with Crippen LogP contribution in [0.2, 0.25) is 0 Å². The Balaban J connectivity index is 1.77. The molecule has 0 aromatic rings. The van der Waals surface area contributed by atoms with Crippen molar-refractivity contribution in [1.82, 2.24) is 14.7 Å². The van der Waals surface area contributed by atoms with Gasteiger partial charge in [0.05, 0.1) is 6.54 Å². The molecule has 0 saturated carbocycles. The zero-order valence-electron chi connectivity index (χ0n) is 14.9. The summed E-state index contributed by atoms with van der Waals surface area (Å²) in [5.74, 6) is 1.16. The van der Waals surface area contributed by atoms with Crippen LogP contribution in [-0.2, 0) is 20.3 Å². The molecule has 0 amide bonds. The number of carbonyl (C=O) groups excluding carboxylic acids is 1. The lowest BCUT2D eigenvalue weighted by atomic mass is 10.2. The van der Waals surface area contributed by atoms with Crippen molar-refractivity contribution in [1.29, 1.82) is 0 Å². The SMILES string of the molecule is CC(C)N1CCN(CC(=O)OC(C)(C)N2CCS(=O)CC2)CC1. The summed E-state index contributed by atoms with van der Waals surface area (Å²) >= 11 is 0. The lowest BCUT2D eigenvalue weighted by Gasteiger charge is -2.40. The number of hydrogen-bond donors (Lipinski definition) is 0. The van der Waals surface area contributed by atoms with E-state index in [4.69, 9.17) is 4.74 Å². The predicted octanol–water partition coefficient (Wildman–Crippen LogP) is 0.356. The highest BCUT2D eigenvalue weighted by Crippen LogP contribution is 2.19. The highest BCUT2D eigenvalue weighted by atomic mass is 32.2. The maximum absolute atomic E-state index is 12.3. The minimum absolute atomic E-state index is 0.167. The molecule has 2 aliphatic heterocycles. The summed E-state index contributed by atoms with van der Waals surface area (Å²) in [6, 6.07) is 0.563. The summed E-state index contributed by atoms with van der Waals surface area (Å²) < 4.78 is 17.2. The first-order valence-corrected chi connectivity index (χ1v) is 10.0. The van der Waals surface area contributed by atoms with E-state index in [2.05, 4.69) is 28.5 Å². The summed E-state index contributed by atoms with van der Waals surface area (Å²) in [6.45, 7) is 13.9. The van der Waals surface area contributed by atoms with Gasteiger partial charge in [0.25, 0.3) is 0 Å². The van der Waals surface area contributed by atoms with Gasteiger partial charge in [-0.3, -0.25) is 23.7 Å². The molecule has 2 fully saturated rings. The quantitative estimate of drug-likeness (QED) is 0.671. The van der Waals surface area contributed by atoms with E-state index in [1.54, 1.807) is 0 Å². The molecule has 0 unspecified atom stereocenters. The van der Waals surface area contributed by atoms with E-state index in [0.717, 1.165) is 39.3 Å². The molecule has 6 nitrogen and oxygen atoms in total. The predicted molar refractivity (Wildman–Crippen MR) is 92.8 cm³/mol. The van der Waals surface area contributed by atoms with Gasteiger partial charge in [-0.15, -0.1) is 0 Å². The minimum atomic E-state index is -0.716. The second-order valence-corrected chi connectivity index (χ2v) is 8.86. The van der Waals surface area contributed by atoms with E-state index in [9.17, 15) is 9.00 Å². The number of piperazine rings is 1. The summed E-state index contributed by atoms with van der Waals surface area (Å²) in [6.07, 6.45) is 0. The number of carbonyl (C=O) groups is 1. The maximum atomic E-state index is 12.3. The lowest BCUT2D eigenvalue weighted by Crippen LogP contribution is -2.54. The molecule has 7 heteroatoms. The van der Waals surface area contributed by atoms with Crippen LogP contribution in [-0.4, -0.2) is 94.0 Å². The molecule has 0 spiro atoms. The Morgan fingerprint density at radius 2 is 1.65 bits per heavy atom. The van der Waals surface area contributed by atoms with Gasteiger partial charge in [0, 0.05) is 67.6 Å². The molecule has 0 bridgehead atoms. The summed E-state index contributed by atoms with van der Waals surface area (Å²) in [7, 11) is -0.716. The van der Waals surface area contributed by atoms with E-state index in [-0.39, 0.29) is 5.97 Å². The van der Waals surface area contributed by atoms with Crippen molar-refractivity contribution in [2.24, 2.45) is 0 Å². The summed E-state index contributed by atoms with van der Waals surface area (Å²) in [5.41, 5.74) is -0.624. The van der Waals surface area contributed by atoms with Crippen LogP contribution in [0.4, 0.5) is 0 Å². The fraction of sp³-hybridized carbons (Fsp3) is 0.938. The van der Waals surface area contributed by atoms with Gasteiger partial charge < -0.3 is 4.74 Å². The third kappa shape index (κ3) is 5.52. The van der Waals surface area contributed by atoms with Crippen LogP contribution in [0, 0.1) is 0 Å². The van der Waals surface area contributed by atoms with Crippen LogP contribution in [0.5, 0.6) is 0 Å². The van der Waals surface area contributed by atoms with Gasteiger partial charge in [0.2, 0.25) is 0 Å². The molecule has 0 N–H and O–H groups in total. The van der Waals surface area contributed by atoms with Crippen LogP contribution in [0.3, 0.4) is 0 Å². The Kier molecular flexibility index (Phi) is 6.59. The van der Waals surface area contributed by atoms with E-state index >= 15 is 0 Å². The highest BCUT2D eigenvalue weighted by Gasteiger charge is 2.33. The van der Waals surface area contributed by atoms with Gasteiger partial charge in [-0.1, -0.05) is 0 Å². The molecule has 0 radical (unpaired) electrons. The normalized spacial score (nSPS) is 23.3. The molecular weight excluding hydrogens is 314 g/mol. The molecule has 2 heterocycles. The second kappa shape index (κ2) is 8.05. The average Bonchev–Trinajstić information content (AvgIpc) is 2.47. The van der Waals surface area contributed by atoms with Crippen LogP contribution in [0.25, 0.3) is 0 Å². The smallest absolute Gasteiger partial charge is 0.321 e. The Morgan fingerprint density at radius 3 is 2.17 bits per heavy atom. The topological polar surface area (TPSA) is 53.1 Å². The van der Waals surface area contributed by atoms with E-state index < -0.39 is 16.5 Å². The molecule has 134 valence electrons. The van der Waals surface area contributed by atoms with Crippen LogP contribution < -0.4 is 0 Å². The molecule has 0 aliphatic carbocycles. The molecule has 0 atom stereocenters. The van der Waals surface area contributed by atoms with Gasteiger partial charge in [0.15, 0.2) is 5.72 Å². The second-order valence-electron chi connectivity index (χ2n) is 7.16. The first kappa shape index (κ1) is 18.8. The first-order valence-electron chi connectivity index (χ1n) is 8.56. The molecule has 23 heavy (non-hydrogen) atoms. The van der Waals surface area contributed by atoms with Crippen LogP contribution in [0.15, 0.2) is 0 Å². The first-order chi connectivity index (χ1) is 10.8. The van der Waals surface area contributed by atoms with Crippen molar-refractivity contribution >= 4 is 16.8 Å². The number of ether oxygens (including phenoxy) is 1. The van der Waals surface area contributed by atoms with Crippen LogP contribution >= 0.6 is 0 Å². The van der Waals surface area contributed by atoms with Crippen LogP contribution in [0.1, 0.15) is 27.7 Å². The minimum Gasteiger partial charge on any atom is -0.443 e. The van der Waals surface area contributed by atoms with Crippen molar-refractivity contribution in [3.8, 4) is 0 Å². The number of rotatable bonds is 5. The number of esters is 1. The van der Waals surface area contributed by atoms with Crippen molar-refractivity contribution in [2.75, 3.05) is 57.3 Å². The lowest BCUT2D eigenvalue weighted by molar-refractivity contribution is -0.177. The highest BCUT2D eigenvalue weighted by molar-refractivity contribution is 7.85. The number of nitrogens with zero attached hydrogens (tertiary/aromatic N) is 3. The van der Waals surface area contributed by atoms with E-state index in [1.807, 2.05) is 13.8 Å². The zero-order valence-corrected chi connectivity index (χ0v) is 15.7. The van der Waals surface area contributed by atoms with Gasteiger partial charge in [-0.25, -0.2) is 0 Å². The fourth-order valence-corrected chi connectivity index (χ4v) is 4.22. The van der Waals surface area contributed by atoms with Gasteiger partial charge >= 0.3 is 5.97 Å². The van der Waals surface area contributed by atoms with Gasteiger partial charge in [-0.2, -0.15) is 0 Å². The molecule has 2 saturated heterocycles. The monoisotopic (exact) mass is 345 g/mol. The standard InChI is InChI=1S/C16H31N3O3S/c1-14(2)18-7-5-17(6-8-18)13-15(20)22-16(3,4)19-9-11-23(21)12-10-19/h14H,5-13H2,1-4H3. The van der Waals surface area contributed by atoms with Crippen molar-refractivity contribution < 1.29 is 13.7 Å². The van der Waals surface area contributed by atoms with E-state index in [1.165, 1.54) is 0 Å². The summed E-state index contributed by atoms with van der Waals surface area (Å²) in [5, 5.41) is 0. The molecule has 0 aromatic carbocycles. The Bertz CT molecular complexity index is 424. The molecule has 0 aromatic heterocycles. The van der Waals surface area contributed by atoms with Crippen molar-refractivity contribution in [2.45, 2.75) is 39.5 Å². The number of hydrogen-bond acceptors (Lipinski definition) is 6. The fourth-order valence-electron chi connectivity index (χ4n) is 3.17. The summed E-state index contributed by atoms with van der Waals surface area (Å²) in [4.78, 5) is 19.0. The maximum Gasteiger partial charge on any atom is 0.321 e. The zero-order chi connectivity index (χ0) is 17.0. The Hall–Kier alpha value is -0.500. The largest absolute Gasteiger partial charge is 0.443 e. The third-order valence-corrected chi connectivity index (χ3v) is 6.07. The Labute approximate surface area is 142 Å². The van der Waals surface area contributed by atoms with Crippen molar-refractivity contribution in [3.63, 3.8) is 0 Å². The van der Waals surface area contributed by atoms with Gasteiger partial charge in [-0.05, 0) is 27.7 Å². The van der Waals surface area contributed by atoms with E-state index in [0.29, 0.717) is 24.1 Å².